The number of imide groups is 1. The van der Waals surface area contributed by atoms with E-state index in [1.54, 1.807) is 0 Å². The predicted molar refractivity (Wildman–Crippen MR) is 109 cm³/mol. The smallest absolute Gasteiger partial charge is 0.420 e. The van der Waals surface area contributed by atoms with Crippen LogP contribution in [-0.4, -0.2) is 11.8 Å². The van der Waals surface area contributed by atoms with Crippen LogP contribution in [0.4, 0.5) is 58.4 Å². The summed E-state index contributed by atoms with van der Waals surface area (Å²) in [7, 11) is 0. The Bertz CT molecular complexity index is 1250. The van der Waals surface area contributed by atoms with Gasteiger partial charge in [0.1, 0.15) is 5.75 Å². The first-order valence-electron chi connectivity index (χ1n) is 10.5. The molecule has 2 aromatic carbocycles. The summed E-state index contributed by atoms with van der Waals surface area (Å²) in [4.78, 5) is 23.4. The Morgan fingerprint density at radius 3 is 1.36 bits per heavy atom. The van der Waals surface area contributed by atoms with Gasteiger partial charge in [0, 0.05) is 12.2 Å². The van der Waals surface area contributed by atoms with E-state index in [9.17, 15) is 62.3 Å². The molecule has 0 unspecified atom stereocenters. The van der Waals surface area contributed by atoms with Gasteiger partial charge in [-0.05, 0) is 36.2 Å². The fraction of sp³-hybridized carbons (Fsp3) is 0.304. The van der Waals surface area contributed by atoms with Crippen molar-refractivity contribution in [2.45, 2.75) is 44.5 Å². The second-order valence-corrected chi connectivity index (χ2v) is 8.08. The van der Waals surface area contributed by atoms with E-state index in [1.807, 2.05) is 0 Å². The summed E-state index contributed by atoms with van der Waals surface area (Å²) in [5, 5.41) is 0. The van der Waals surface area contributed by atoms with E-state index in [2.05, 4.69) is 4.74 Å². The molecule has 2 amide bonds. The predicted octanol–water partition coefficient (Wildman–Crippen LogP) is 7.94. The molecule has 212 valence electrons. The van der Waals surface area contributed by atoms with Crippen LogP contribution in [0.3, 0.4) is 0 Å². The highest BCUT2D eigenvalue weighted by Crippen LogP contribution is 2.51. The number of carbonyl (C=O) groups is 2. The maximum absolute atomic E-state index is 13.9. The zero-order valence-electron chi connectivity index (χ0n) is 19.1. The van der Waals surface area contributed by atoms with Gasteiger partial charge in [0.2, 0.25) is 0 Å². The van der Waals surface area contributed by atoms with Crippen molar-refractivity contribution in [3.8, 4) is 11.5 Å². The molecule has 1 aliphatic rings. The summed E-state index contributed by atoms with van der Waals surface area (Å²) >= 11 is 0. The molecule has 0 aliphatic carbocycles. The third-order valence-corrected chi connectivity index (χ3v) is 5.25. The van der Waals surface area contributed by atoms with E-state index >= 15 is 0 Å². The van der Waals surface area contributed by atoms with Crippen molar-refractivity contribution in [3.63, 3.8) is 0 Å². The zero-order chi connectivity index (χ0) is 29.7. The third-order valence-electron chi connectivity index (χ3n) is 5.25. The summed E-state index contributed by atoms with van der Waals surface area (Å²) in [5.74, 6) is -7.01. The lowest BCUT2D eigenvalue weighted by Crippen LogP contribution is -2.34. The molecule has 0 bridgehead atoms. The molecule has 1 aliphatic heterocycles. The number of amides is 2. The maximum Gasteiger partial charge on any atom is 0.420 e. The molecular weight excluding hydrogens is 566 g/mol. The summed E-state index contributed by atoms with van der Waals surface area (Å²) in [6.07, 6.45) is -22.2. The van der Waals surface area contributed by atoms with Crippen molar-refractivity contribution in [2.24, 2.45) is 0 Å². The maximum atomic E-state index is 13.9. The molecule has 0 saturated heterocycles. The van der Waals surface area contributed by atoms with Crippen LogP contribution < -0.4 is 9.64 Å². The quantitative estimate of drug-likeness (QED) is 0.267. The number of alkyl halides is 12. The molecular formula is C23H13F12NO3. The molecule has 0 radical (unpaired) electrons. The Kier molecular flexibility index (Phi) is 7.49. The largest absolute Gasteiger partial charge is 0.456 e. The summed E-state index contributed by atoms with van der Waals surface area (Å²) < 4.78 is 170. The molecule has 4 nitrogen and oxygen atoms in total. The first kappa shape index (κ1) is 29.8. The minimum atomic E-state index is -5.79. The molecule has 0 fully saturated rings. The van der Waals surface area contributed by atoms with Gasteiger partial charge in [-0.15, -0.1) is 0 Å². The van der Waals surface area contributed by atoms with E-state index in [4.69, 9.17) is 0 Å². The zero-order valence-corrected chi connectivity index (χ0v) is 19.1. The average molecular weight is 579 g/mol. The number of rotatable bonds is 5. The van der Waals surface area contributed by atoms with Crippen LogP contribution in [0.15, 0.2) is 36.4 Å². The number of aryl methyl sites for hydroxylation is 1. The SMILES string of the molecule is CCCc1cc(C(F)(F)F)c(Oc2cc(C(F)(F)F)c(N3C(=O)C=CC3=O)c(C(F)(F)F)c2)c(C(F)(F)F)c1. The molecule has 0 N–H and O–H groups in total. The molecule has 39 heavy (non-hydrogen) atoms. The topological polar surface area (TPSA) is 46.6 Å². The molecule has 16 heteroatoms. The Balaban J connectivity index is 2.38. The Labute approximate surface area is 210 Å². The van der Waals surface area contributed by atoms with Gasteiger partial charge in [-0.25, -0.2) is 4.90 Å². The van der Waals surface area contributed by atoms with E-state index < -0.39 is 86.4 Å². The minimum Gasteiger partial charge on any atom is -0.456 e. The molecule has 1 heterocycles. The highest BCUT2D eigenvalue weighted by molar-refractivity contribution is 6.28. The van der Waals surface area contributed by atoms with Crippen LogP contribution >= 0.6 is 0 Å². The van der Waals surface area contributed by atoms with Crippen molar-refractivity contribution in [3.05, 3.63) is 64.2 Å². The number of carbonyl (C=O) groups excluding carboxylic acids is 2. The Morgan fingerprint density at radius 1 is 0.641 bits per heavy atom. The minimum absolute atomic E-state index is 0.100. The number of nitrogens with zero attached hydrogens (tertiary/aromatic N) is 1. The number of anilines is 1. The van der Waals surface area contributed by atoms with E-state index in [0.717, 1.165) is 0 Å². The average Bonchev–Trinajstić information content (AvgIpc) is 3.09. The lowest BCUT2D eigenvalue weighted by atomic mass is 9.99. The number of ether oxygens (including phenoxy) is 1. The number of benzene rings is 2. The van der Waals surface area contributed by atoms with Gasteiger partial charge in [-0.2, -0.15) is 52.7 Å². The summed E-state index contributed by atoms with van der Waals surface area (Å²) in [6.45, 7) is 1.44. The van der Waals surface area contributed by atoms with Crippen molar-refractivity contribution in [1.82, 2.24) is 0 Å². The fourth-order valence-electron chi connectivity index (χ4n) is 3.73. The molecule has 3 rings (SSSR count). The number of hydrogen-bond acceptors (Lipinski definition) is 3. The van der Waals surface area contributed by atoms with Crippen LogP contribution in [0.2, 0.25) is 0 Å². The van der Waals surface area contributed by atoms with Crippen molar-refractivity contribution < 1.29 is 67.0 Å². The van der Waals surface area contributed by atoms with Crippen LogP contribution in [0.1, 0.15) is 41.2 Å². The van der Waals surface area contributed by atoms with Gasteiger partial charge in [-0.1, -0.05) is 13.3 Å². The van der Waals surface area contributed by atoms with Crippen molar-refractivity contribution in [1.29, 1.82) is 0 Å². The normalized spacial score (nSPS) is 14.9. The Morgan fingerprint density at radius 2 is 1.03 bits per heavy atom. The van der Waals surface area contributed by atoms with Crippen molar-refractivity contribution >= 4 is 17.5 Å². The summed E-state index contributed by atoms with van der Waals surface area (Å²) in [5.41, 5.74) is -11.4. The third kappa shape index (κ3) is 6.14. The number of hydrogen-bond donors (Lipinski definition) is 0. The van der Waals surface area contributed by atoms with Gasteiger partial charge in [0.15, 0.2) is 5.75 Å². The van der Waals surface area contributed by atoms with E-state index in [-0.39, 0.29) is 37.1 Å². The Hall–Kier alpha value is -3.72. The van der Waals surface area contributed by atoms with E-state index in [0.29, 0.717) is 12.2 Å². The van der Waals surface area contributed by atoms with Crippen LogP contribution in [-0.2, 0) is 40.7 Å². The van der Waals surface area contributed by atoms with Crippen LogP contribution in [0.5, 0.6) is 11.5 Å². The highest BCUT2D eigenvalue weighted by atomic mass is 19.4. The number of halogens is 12. The van der Waals surface area contributed by atoms with Gasteiger partial charge in [0.25, 0.3) is 11.8 Å². The molecule has 0 aromatic heterocycles. The standard InChI is InChI=1S/C23H13F12NO3/c1-2-3-10-6-14(22(30,31)32)19(15(7-10)23(33,34)35)39-11-8-12(20(24,25)26)18(13(9-11)21(27,28)29)36-16(37)4-5-17(36)38/h4-9H,2-3H2,1H3. The van der Waals surface area contributed by atoms with Crippen molar-refractivity contribution in [2.75, 3.05) is 4.90 Å². The summed E-state index contributed by atoms with van der Waals surface area (Å²) in [6, 6.07) is -0.177. The van der Waals surface area contributed by atoms with Gasteiger partial charge < -0.3 is 4.74 Å². The molecule has 0 atom stereocenters. The molecule has 2 aromatic rings. The van der Waals surface area contributed by atoms with Crippen LogP contribution in [0.25, 0.3) is 0 Å². The first-order valence-corrected chi connectivity index (χ1v) is 10.5. The van der Waals surface area contributed by atoms with Crippen LogP contribution in [0, 0.1) is 0 Å². The van der Waals surface area contributed by atoms with Gasteiger partial charge in [-0.3, -0.25) is 9.59 Å². The molecule has 0 spiro atoms. The first-order chi connectivity index (χ1) is 17.7. The second-order valence-electron chi connectivity index (χ2n) is 8.08. The van der Waals surface area contributed by atoms with Gasteiger partial charge >= 0.3 is 24.7 Å². The highest BCUT2D eigenvalue weighted by Gasteiger charge is 2.47. The van der Waals surface area contributed by atoms with E-state index in [1.165, 1.54) is 6.92 Å². The monoisotopic (exact) mass is 579 g/mol. The second kappa shape index (κ2) is 9.79. The fourth-order valence-corrected chi connectivity index (χ4v) is 3.73. The van der Waals surface area contributed by atoms with Gasteiger partial charge in [0.05, 0.1) is 27.9 Å². The lowest BCUT2D eigenvalue weighted by Gasteiger charge is -2.26. The molecule has 0 saturated carbocycles. The lowest BCUT2D eigenvalue weighted by molar-refractivity contribution is -0.146.